The van der Waals surface area contributed by atoms with Gasteiger partial charge in [0.15, 0.2) is 0 Å². The molecule has 0 aliphatic carbocycles. The number of allylic oxidation sites excluding steroid dienone is 3. The van der Waals surface area contributed by atoms with Crippen LogP contribution in [0.3, 0.4) is 0 Å². The minimum absolute atomic E-state index is 0.243. The van der Waals surface area contributed by atoms with E-state index in [1.807, 2.05) is 19.9 Å². The Morgan fingerprint density at radius 3 is 2.83 bits per heavy atom. The van der Waals surface area contributed by atoms with Crippen LogP contribution in [0.2, 0.25) is 0 Å². The monoisotopic (exact) mass is 180 g/mol. The molecular formula is C8H11AlNO2. The SMILES string of the molecule is CC1=C(C)NCC(C(=O)[O][AlH])=C1. The van der Waals surface area contributed by atoms with Gasteiger partial charge in [0.2, 0.25) is 0 Å². The molecule has 0 atom stereocenters. The van der Waals surface area contributed by atoms with E-state index in [9.17, 15) is 4.79 Å². The number of carbonyl (C=O) groups is 1. The lowest BCUT2D eigenvalue weighted by Crippen LogP contribution is -2.24. The molecule has 0 amide bonds. The summed E-state index contributed by atoms with van der Waals surface area (Å²) in [5, 5.41) is 3.11. The predicted molar refractivity (Wildman–Crippen MR) is 47.7 cm³/mol. The average Bonchev–Trinajstić information content (AvgIpc) is 2.08. The fourth-order valence-corrected chi connectivity index (χ4v) is 1.20. The van der Waals surface area contributed by atoms with Crippen molar-refractivity contribution in [3.8, 4) is 0 Å². The normalized spacial score (nSPS) is 16.7. The maximum absolute atomic E-state index is 11.1. The van der Waals surface area contributed by atoms with Crippen LogP contribution in [0.4, 0.5) is 0 Å². The van der Waals surface area contributed by atoms with Crippen LogP contribution in [0.15, 0.2) is 22.9 Å². The Kier molecular flexibility index (Phi) is 2.96. The van der Waals surface area contributed by atoms with Gasteiger partial charge in [0, 0.05) is 12.2 Å². The van der Waals surface area contributed by atoms with Gasteiger partial charge in [0.1, 0.15) is 0 Å². The second-order valence-electron chi connectivity index (χ2n) is 2.76. The van der Waals surface area contributed by atoms with Crippen LogP contribution < -0.4 is 5.32 Å². The summed E-state index contributed by atoms with van der Waals surface area (Å²) < 4.78 is 4.63. The van der Waals surface area contributed by atoms with Crippen molar-refractivity contribution >= 4 is 22.6 Å². The third kappa shape index (κ3) is 1.91. The Morgan fingerprint density at radius 2 is 2.33 bits per heavy atom. The van der Waals surface area contributed by atoms with Crippen LogP contribution in [-0.4, -0.2) is 29.1 Å². The highest BCUT2D eigenvalue weighted by Gasteiger charge is 2.12. The van der Waals surface area contributed by atoms with Gasteiger partial charge in [0.05, 0.1) is 5.57 Å². The highest BCUT2D eigenvalue weighted by Crippen LogP contribution is 2.12. The van der Waals surface area contributed by atoms with Crippen LogP contribution in [0.25, 0.3) is 0 Å². The molecule has 0 aromatic rings. The van der Waals surface area contributed by atoms with E-state index in [-0.39, 0.29) is 5.97 Å². The Hall–Kier alpha value is -0.718. The lowest BCUT2D eigenvalue weighted by Gasteiger charge is -2.16. The quantitative estimate of drug-likeness (QED) is 0.584. The van der Waals surface area contributed by atoms with E-state index in [1.165, 1.54) is 16.6 Å². The molecule has 0 saturated carbocycles. The second kappa shape index (κ2) is 3.79. The maximum Gasteiger partial charge on any atom is 0.497 e. The minimum Gasteiger partial charge on any atom is -0.621 e. The molecule has 1 heterocycles. The van der Waals surface area contributed by atoms with Gasteiger partial charge in [-0.2, -0.15) is 0 Å². The van der Waals surface area contributed by atoms with Crippen LogP contribution in [0.5, 0.6) is 0 Å². The van der Waals surface area contributed by atoms with E-state index in [4.69, 9.17) is 0 Å². The van der Waals surface area contributed by atoms with Gasteiger partial charge >= 0.3 is 16.6 Å². The Bertz CT molecular complexity index is 268. The van der Waals surface area contributed by atoms with Crippen molar-refractivity contribution in [3.05, 3.63) is 22.9 Å². The van der Waals surface area contributed by atoms with Crippen LogP contribution >= 0.6 is 0 Å². The average molecular weight is 180 g/mol. The van der Waals surface area contributed by atoms with E-state index >= 15 is 0 Å². The number of dihydropyridines is 1. The van der Waals surface area contributed by atoms with E-state index in [0.717, 1.165) is 11.3 Å². The first-order chi connectivity index (χ1) is 5.65. The third-order valence-corrected chi connectivity index (χ3v) is 2.18. The first kappa shape index (κ1) is 9.37. The van der Waals surface area contributed by atoms with Gasteiger partial charge in [0.25, 0.3) is 5.97 Å². The van der Waals surface area contributed by atoms with Gasteiger partial charge in [-0.1, -0.05) is 0 Å². The molecule has 1 aliphatic rings. The highest BCUT2D eigenvalue weighted by molar-refractivity contribution is 6.09. The highest BCUT2D eigenvalue weighted by atomic mass is 27.1. The topological polar surface area (TPSA) is 38.3 Å². The molecule has 63 valence electrons. The molecule has 3 nitrogen and oxygen atoms in total. The molecule has 0 spiro atoms. The summed E-state index contributed by atoms with van der Waals surface area (Å²) in [5.41, 5.74) is 2.89. The zero-order valence-electron chi connectivity index (χ0n) is 7.31. The molecule has 0 bridgehead atoms. The van der Waals surface area contributed by atoms with Gasteiger partial charge in [-0.25, -0.2) is 0 Å². The molecule has 4 heteroatoms. The van der Waals surface area contributed by atoms with Crippen molar-refractivity contribution in [2.75, 3.05) is 6.54 Å². The van der Waals surface area contributed by atoms with Gasteiger partial charge in [-0.15, -0.1) is 0 Å². The van der Waals surface area contributed by atoms with E-state index in [0.29, 0.717) is 12.1 Å². The van der Waals surface area contributed by atoms with Crippen molar-refractivity contribution in [3.63, 3.8) is 0 Å². The minimum atomic E-state index is -0.243. The fraction of sp³-hybridized carbons (Fsp3) is 0.375. The molecule has 12 heavy (non-hydrogen) atoms. The summed E-state index contributed by atoms with van der Waals surface area (Å²) in [6.07, 6.45) is 1.86. The lowest BCUT2D eigenvalue weighted by atomic mass is 10.1. The second-order valence-corrected chi connectivity index (χ2v) is 3.05. The molecule has 1 N–H and O–H groups in total. The molecule has 1 radical (unpaired) electrons. The first-order valence-electron chi connectivity index (χ1n) is 3.73. The number of carbonyl (C=O) groups excluding carboxylic acids is 1. The standard InChI is InChI=1S/C8H11NO2.Al.H/c1-5-3-7(8(10)11)4-9-6(5)2;;/h3,9H,4H2,1-2H3,(H,10,11);;/q;+1;/p-1. The summed E-state index contributed by atoms with van der Waals surface area (Å²) in [4.78, 5) is 11.1. The Labute approximate surface area is 80.2 Å². The summed E-state index contributed by atoms with van der Waals surface area (Å²) >= 11 is 1.21. The van der Waals surface area contributed by atoms with Gasteiger partial charge in [-0.3, -0.25) is 4.79 Å². The number of rotatable bonds is 1. The fourth-order valence-electron chi connectivity index (χ4n) is 1.01. The van der Waals surface area contributed by atoms with Crippen molar-refractivity contribution in [2.45, 2.75) is 13.8 Å². The maximum atomic E-state index is 11.1. The van der Waals surface area contributed by atoms with Crippen LogP contribution in [0, 0.1) is 0 Å². The Morgan fingerprint density at radius 1 is 1.67 bits per heavy atom. The molecule has 0 aromatic carbocycles. The van der Waals surface area contributed by atoms with E-state index in [2.05, 4.69) is 9.11 Å². The first-order valence-corrected chi connectivity index (χ1v) is 4.31. The molecule has 1 rings (SSSR count). The van der Waals surface area contributed by atoms with Gasteiger partial charge < -0.3 is 9.11 Å². The number of hydrogen-bond donors (Lipinski definition) is 1. The summed E-state index contributed by atoms with van der Waals surface area (Å²) in [6, 6.07) is 0. The summed E-state index contributed by atoms with van der Waals surface area (Å²) in [5.74, 6) is -0.243. The zero-order valence-corrected chi connectivity index (χ0v) is 8.72. The largest absolute Gasteiger partial charge is 0.621 e. The smallest absolute Gasteiger partial charge is 0.497 e. The van der Waals surface area contributed by atoms with Crippen molar-refractivity contribution < 1.29 is 8.58 Å². The number of hydrogen-bond acceptors (Lipinski definition) is 3. The van der Waals surface area contributed by atoms with Gasteiger partial charge in [-0.05, 0) is 25.5 Å². The molecule has 0 fully saturated rings. The molecule has 0 unspecified atom stereocenters. The molecule has 0 aromatic heterocycles. The summed E-state index contributed by atoms with van der Waals surface area (Å²) in [6.45, 7) is 4.52. The van der Waals surface area contributed by atoms with Crippen molar-refractivity contribution in [2.24, 2.45) is 0 Å². The van der Waals surface area contributed by atoms with Crippen LogP contribution in [-0.2, 0) is 8.58 Å². The molecule has 0 saturated heterocycles. The lowest BCUT2D eigenvalue weighted by molar-refractivity contribution is -0.129. The predicted octanol–water partition coefficient (Wildman–Crippen LogP) is 0.169. The Balaban J connectivity index is 2.83. The van der Waals surface area contributed by atoms with Crippen molar-refractivity contribution in [1.82, 2.24) is 5.32 Å². The van der Waals surface area contributed by atoms with Crippen LogP contribution in [0.1, 0.15) is 13.8 Å². The molecular weight excluding hydrogens is 169 g/mol. The molecule has 1 aliphatic heterocycles. The number of nitrogens with one attached hydrogen (secondary N) is 1. The van der Waals surface area contributed by atoms with Crippen molar-refractivity contribution in [1.29, 1.82) is 0 Å². The van der Waals surface area contributed by atoms with E-state index < -0.39 is 0 Å². The third-order valence-electron chi connectivity index (χ3n) is 1.92. The zero-order chi connectivity index (χ0) is 9.14. The van der Waals surface area contributed by atoms with E-state index in [1.54, 1.807) is 0 Å². The summed E-state index contributed by atoms with van der Waals surface area (Å²) in [7, 11) is 0.